The van der Waals surface area contributed by atoms with Gasteiger partial charge in [-0.1, -0.05) is 0 Å². The van der Waals surface area contributed by atoms with Crippen LogP contribution in [0.4, 0.5) is 5.69 Å². The van der Waals surface area contributed by atoms with E-state index in [2.05, 4.69) is 0 Å². The summed E-state index contributed by atoms with van der Waals surface area (Å²) < 4.78 is 10.2. The zero-order valence-electron chi connectivity index (χ0n) is 10.5. The molecule has 2 aromatic rings. The maximum atomic E-state index is 11.0. The lowest BCUT2D eigenvalue weighted by molar-refractivity contribution is -0.385. The van der Waals surface area contributed by atoms with Gasteiger partial charge in [0.2, 0.25) is 0 Å². The molecule has 0 radical (unpaired) electrons. The molecule has 0 saturated heterocycles. The van der Waals surface area contributed by atoms with Crippen molar-refractivity contribution in [3.8, 4) is 17.1 Å². The van der Waals surface area contributed by atoms with Gasteiger partial charge in [0.15, 0.2) is 5.75 Å². The van der Waals surface area contributed by atoms with Gasteiger partial charge in [0.25, 0.3) is 0 Å². The molecule has 0 spiro atoms. The fourth-order valence-corrected chi connectivity index (χ4v) is 1.69. The number of nitrogens with zero attached hydrogens (tertiary/aromatic N) is 1. The minimum atomic E-state index is -1.45. The maximum absolute atomic E-state index is 11.0. The zero-order valence-corrected chi connectivity index (χ0v) is 10.5. The van der Waals surface area contributed by atoms with Crippen molar-refractivity contribution in [2.24, 2.45) is 0 Å². The van der Waals surface area contributed by atoms with Crippen LogP contribution in [0, 0.1) is 10.1 Å². The largest absolute Gasteiger partial charge is 0.542 e. The Labute approximate surface area is 113 Å². The Balaban J connectivity index is 2.44. The first-order chi connectivity index (χ1) is 9.52. The highest BCUT2D eigenvalue weighted by Gasteiger charge is 2.17. The van der Waals surface area contributed by atoms with Crippen LogP contribution in [-0.2, 0) is 0 Å². The lowest BCUT2D eigenvalue weighted by Gasteiger charge is -2.05. The molecule has 1 aromatic carbocycles. The van der Waals surface area contributed by atoms with E-state index in [1.54, 1.807) is 13.0 Å². The Morgan fingerprint density at radius 2 is 2.10 bits per heavy atom. The summed E-state index contributed by atoms with van der Waals surface area (Å²) in [6.45, 7) is 2.02. The van der Waals surface area contributed by atoms with Gasteiger partial charge < -0.3 is 19.1 Å². The molecular formula is C13H10NO6-. The third-order valence-electron chi connectivity index (χ3n) is 2.55. The molecule has 1 aromatic heterocycles. The molecule has 0 N–H and O–H groups in total. The number of nitro benzene ring substituents is 1. The average molecular weight is 276 g/mol. The van der Waals surface area contributed by atoms with E-state index in [4.69, 9.17) is 9.15 Å². The van der Waals surface area contributed by atoms with Crippen LogP contribution >= 0.6 is 0 Å². The molecule has 0 amide bonds. The number of hydrogen-bond donors (Lipinski definition) is 0. The minimum Gasteiger partial charge on any atom is -0.542 e. The number of carboxylic acids is 1. The van der Waals surface area contributed by atoms with Gasteiger partial charge in [0, 0.05) is 11.6 Å². The molecule has 0 bridgehead atoms. The van der Waals surface area contributed by atoms with Gasteiger partial charge in [-0.25, -0.2) is 0 Å². The third kappa shape index (κ3) is 2.61. The predicted octanol–water partition coefficient (Wildman–Crippen LogP) is 1.62. The molecule has 0 fully saturated rings. The summed E-state index contributed by atoms with van der Waals surface area (Å²) >= 11 is 0. The Bertz CT molecular complexity index is 661. The van der Waals surface area contributed by atoms with Crippen LogP contribution in [0.5, 0.6) is 5.75 Å². The van der Waals surface area contributed by atoms with Crippen molar-refractivity contribution < 1.29 is 24.0 Å². The number of rotatable bonds is 5. The first kappa shape index (κ1) is 13.6. The van der Waals surface area contributed by atoms with E-state index < -0.39 is 10.9 Å². The van der Waals surface area contributed by atoms with Crippen molar-refractivity contribution in [3.63, 3.8) is 0 Å². The first-order valence-electron chi connectivity index (χ1n) is 5.75. The van der Waals surface area contributed by atoms with Crippen molar-refractivity contribution in [3.05, 3.63) is 46.2 Å². The molecule has 7 nitrogen and oxygen atoms in total. The quantitative estimate of drug-likeness (QED) is 0.606. The Morgan fingerprint density at radius 3 is 2.65 bits per heavy atom. The Morgan fingerprint density at radius 1 is 1.35 bits per heavy atom. The SMILES string of the molecule is CCOc1ccc(-c2ccc(C(=O)[O-])o2)cc1[N+](=O)[O-]. The van der Waals surface area contributed by atoms with E-state index in [-0.39, 0.29) is 23.0 Å². The van der Waals surface area contributed by atoms with E-state index in [1.807, 2.05) is 0 Å². The first-order valence-corrected chi connectivity index (χ1v) is 5.75. The van der Waals surface area contributed by atoms with Crippen molar-refractivity contribution >= 4 is 11.7 Å². The number of nitro groups is 1. The van der Waals surface area contributed by atoms with Crippen LogP contribution < -0.4 is 9.84 Å². The summed E-state index contributed by atoms with van der Waals surface area (Å²) in [6, 6.07) is 6.90. The van der Waals surface area contributed by atoms with Crippen molar-refractivity contribution in [1.29, 1.82) is 0 Å². The fraction of sp³-hybridized carbons (Fsp3) is 0.154. The number of aromatic carboxylic acids is 1. The monoisotopic (exact) mass is 276 g/mol. The zero-order chi connectivity index (χ0) is 14.7. The number of benzene rings is 1. The van der Waals surface area contributed by atoms with E-state index in [9.17, 15) is 20.0 Å². The lowest BCUT2D eigenvalue weighted by Crippen LogP contribution is -2.21. The Hall–Kier alpha value is -2.83. The molecule has 2 rings (SSSR count). The average Bonchev–Trinajstić information content (AvgIpc) is 2.89. The number of ether oxygens (including phenoxy) is 1. The van der Waals surface area contributed by atoms with Crippen LogP contribution in [0.3, 0.4) is 0 Å². The van der Waals surface area contributed by atoms with Crippen molar-refractivity contribution in [2.75, 3.05) is 6.61 Å². The molecule has 104 valence electrons. The van der Waals surface area contributed by atoms with Crippen LogP contribution in [0.25, 0.3) is 11.3 Å². The van der Waals surface area contributed by atoms with Gasteiger partial charge in [-0.2, -0.15) is 0 Å². The molecule has 0 aliphatic heterocycles. The number of carbonyl (C=O) groups excluding carboxylic acids is 1. The summed E-state index contributed by atoms with van der Waals surface area (Å²) in [6.07, 6.45) is 0. The topological polar surface area (TPSA) is 106 Å². The fourth-order valence-electron chi connectivity index (χ4n) is 1.69. The van der Waals surface area contributed by atoms with Crippen LogP contribution in [0.2, 0.25) is 0 Å². The summed E-state index contributed by atoms with van der Waals surface area (Å²) in [4.78, 5) is 21.0. The smallest absolute Gasteiger partial charge is 0.311 e. The van der Waals surface area contributed by atoms with Gasteiger partial charge >= 0.3 is 5.69 Å². The number of carbonyl (C=O) groups is 1. The maximum Gasteiger partial charge on any atom is 0.311 e. The van der Waals surface area contributed by atoms with Crippen molar-refractivity contribution in [1.82, 2.24) is 0 Å². The van der Waals surface area contributed by atoms with E-state index in [0.717, 1.165) is 0 Å². The Kier molecular flexibility index (Phi) is 3.69. The summed E-state index contributed by atoms with van der Waals surface area (Å²) in [5.74, 6) is -1.43. The second-order valence-corrected chi connectivity index (χ2v) is 3.82. The van der Waals surface area contributed by atoms with Gasteiger partial charge in [0.05, 0.1) is 11.5 Å². The van der Waals surface area contributed by atoms with Crippen molar-refractivity contribution in [2.45, 2.75) is 6.92 Å². The molecule has 0 saturated carbocycles. The highest BCUT2D eigenvalue weighted by atomic mass is 16.6. The normalized spacial score (nSPS) is 10.2. The summed E-state index contributed by atoms with van der Waals surface area (Å²) in [5.41, 5.74) is 0.170. The molecule has 0 aliphatic rings. The summed E-state index contributed by atoms with van der Waals surface area (Å²) in [5, 5.41) is 21.6. The van der Waals surface area contributed by atoms with Gasteiger partial charge in [-0.05, 0) is 31.2 Å². The minimum absolute atomic E-state index is 0.146. The van der Waals surface area contributed by atoms with Crippen LogP contribution in [0.1, 0.15) is 17.5 Å². The molecule has 7 heteroatoms. The van der Waals surface area contributed by atoms with Crippen LogP contribution in [0.15, 0.2) is 34.7 Å². The predicted molar refractivity (Wildman–Crippen MR) is 66.3 cm³/mol. The summed E-state index contributed by atoms with van der Waals surface area (Å²) in [7, 11) is 0. The number of carboxylic acid groups (broad SMARTS) is 1. The number of hydrogen-bond acceptors (Lipinski definition) is 6. The number of furan rings is 1. The standard InChI is InChI=1S/C13H11NO6/c1-2-19-11-4-3-8(7-9(11)14(17)18)10-5-6-12(20-10)13(15)16/h3-7H,2H2,1H3,(H,15,16)/p-1. The second-order valence-electron chi connectivity index (χ2n) is 3.82. The molecule has 20 heavy (non-hydrogen) atoms. The molecule has 0 atom stereocenters. The van der Waals surface area contributed by atoms with Crippen LogP contribution in [-0.4, -0.2) is 17.5 Å². The second kappa shape index (κ2) is 5.43. The van der Waals surface area contributed by atoms with Gasteiger partial charge in [-0.3, -0.25) is 10.1 Å². The van der Waals surface area contributed by atoms with E-state index >= 15 is 0 Å². The lowest BCUT2D eigenvalue weighted by atomic mass is 10.1. The molecular weight excluding hydrogens is 266 g/mol. The molecule has 0 aliphatic carbocycles. The van der Waals surface area contributed by atoms with E-state index in [0.29, 0.717) is 12.2 Å². The van der Waals surface area contributed by atoms with Gasteiger partial charge in [0.1, 0.15) is 17.5 Å². The molecule has 0 unspecified atom stereocenters. The van der Waals surface area contributed by atoms with E-state index in [1.165, 1.54) is 24.3 Å². The highest BCUT2D eigenvalue weighted by Crippen LogP contribution is 2.33. The van der Waals surface area contributed by atoms with Gasteiger partial charge in [-0.15, -0.1) is 0 Å². The molecule has 1 heterocycles. The highest BCUT2D eigenvalue weighted by molar-refractivity contribution is 5.83. The third-order valence-corrected chi connectivity index (χ3v) is 2.55.